The summed E-state index contributed by atoms with van der Waals surface area (Å²) in [4.78, 5) is 29.0. The predicted molar refractivity (Wildman–Crippen MR) is 108 cm³/mol. The van der Waals surface area contributed by atoms with Crippen LogP contribution in [0.15, 0.2) is 60.8 Å². The van der Waals surface area contributed by atoms with Crippen molar-refractivity contribution in [2.24, 2.45) is 0 Å². The Bertz CT molecular complexity index is 1070. The lowest BCUT2D eigenvalue weighted by atomic mass is 10.1. The van der Waals surface area contributed by atoms with E-state index in [1.54, 1.807) is 24.3 Å². The molecule has 0 spiro atoms. The number of halogens is 1. The number of Topliss-reactive ketones (excluding diaryl/α,β-unsaturated/α-hetero) is 1. The number of ketones is 1. The van der Waals surface area contributed by atoms with Gasteiger partial charge in [0.05, 0.1) is 19.9 Å². The van der Waals surface area contributed by atoms with Gasteiger partial charge in [-0.05, 0) is 42.5 Å². The molecule has 0 aliphatic carbocycles. The molecule has 1 aromatic heterocycles. The zero-order valence-corrected chi connectivity index (χ0v) is 16.3. The van der Waals surface area contributed by atoms with Crippen molar-refractivity contribution in [3.05, 3.63) is 77.7 Å². The smallest absolute Gasteiger partial charge is 0.342 e. The summed E-state index contributed by atoms with van der Waals surface area (Å²) in [5.74, 6) is -1.14. The van der Waals surface area contributed by atoms with E-state index >= 15 is 0 Å². The number of hydrogen-bond donors (Lipinski definition) is 1. The SMILES string of the molecule is COc1ccc(C(=O)COC(=O)c2cccnc2Nc2ccccc2OC)cc1F. The summed E-state index contributed by atoms with van der Waals surface area (Å²) in [5, 5.41) is 3.03. The normalized spacial score (nSPS) is 10.2. The molecule has 0 saturated carbocycles. The Morgan fingerprint density at radius 2 is 1.77 bits per heavy atom. The highest BCUT2D eigenvalue weighted by Crippen LogP contribution is 2.27. The number of carbonyl (C=O) groups excluding carboxylic acids is 2. The number of para-hydroxylation sites is 2. The number of pyridine rings is 1. The molecule has 0 fully saturated rings. The number of nitrogens with one attached hydrogen (secondary N) is 1. The van der Waals surface area contributed by atoms with Crippen LogP contribution in [-0.4, -0.2) is 37.6 Å². The van der Waals surface area contributed by atoms with Crippen molar-refractivity contribution >= 4 is 23.3 Å². The van der Waals surface area contributed by atoms with Crippen LogP contribution in [0.4, 0.5) is 15.9 Å². The minimum Gasteiger partial charge on any atom is -0.495 e. The van der Waals surface area contributed by atoms with E-state index in [0.717, 1.165) is 6.07 Å². The Balaban J connectivity index is 1.72. The fraction of sp³-hybridized carbons (Fsp3) is 0.136. The quantitative estimate of drug-likeness (QED) is 0.443. The molecule has 2 aromatic carbocycles. The molecular formula is C22H19FN2O5. The van der Waals surface area contributed by atoms with Gasteiger partial charge in [-0.2, -0.15) is 0 Å². The predicted octanol–water partition coefficient (Wildman–Crippen LogP) is 4.02. The van der Waals surface area contributed by atoms with E-state index in [1.165, 1.54) is 38.6 Å². The lowest BCUT2D eigenvalue weighted by Crippen LogP contribution is -2.16. The summed E-state index contributed by atoms with van der Waals surface area (Å²) in [6.45, 7) is -0.548. The Morgan fingerprint density at radius 3 is 2.50 bits per heavy atom. The molecule has 30 heavy (non-hydrogen) atoms. The first-order valence-corrected chi connectivity index (χ1v) is 8.92. The summed E-state index contributed by atoms with van der Waals surface area (Å²) in [6, 6.07) is 14.0. The minimum atomic E-state index is -0.747. The van der Waals surface area contributed by atoms with Crippen LogP contribution in [0.5, 0.6) is 11.5 Å². The Labute approximate surface area is 172 Å². The summed E-state index contributed by atoms with van der Waals surface area (Å²) in [6.07, 6.45) is 1.51. The van der Waals surface area contributed by atoms with Crippen LogP contribution < -0.4 is 14.8 Å². The van der Waals surface area contributed by atoms with Gasteiger partial charge in [0.15, 0.2) is 24.0 Å². The molecule has 3 aromatic rings. The molecule has 0 atom stereocenters. The fourth-order valence-electron chi connectivity index (χ4n) is 2.68. The summed E-state index contributed by atoms with van der Waals surface area (Å²) in [7, 11) is 2.86. The highest BCUT2D eigenvalue weighted by atomic mass is 19.1. The van der Waals surface area contributed by atoms with Gasteiger partial charge in [-0.3, -0.25) is 4.79 Å². The average Bonchev–Trinajstić information content (AvgIpc) is 2.78. The highest BCUT2D eigenvalue weighted by Gasteiger charge is 2.18. The van der Waals surface area contributed by atoms with Crippen molar-refractivity contribution in [2.45, 2.75) is 0 Å². The highest BCUT2D eigenvalue weighted by molar-refractivity contribution is 6.01. The molecule has 0 aliphatic heterocycles. The van der Waals surface area contributed by atoms with E-state index in [4.69, 9.17) is 14.2 Å². The number of esters is 1. The molecule has 7 nitrogen and oxygen atoms in total. The first-order valence-electron chi connectivity index (χ1n) is 8.92. The summed E-state index contributed by atoms with van der Waals surface area (Å²) < 4.78 is 29.0. The number of rotatable bonds is 8. The summed E-state index contributed by atoms with van der Waals surface area (Å²) in [5.41, 5.74) is 0.814. The topological polar surface area (TPSA) is 86.8 Å². The van der Waals surface area contributed by atoms with Gasteiger partial charge in [0, 0.05) is 11.8 Å². The molecule has 0 unspecified atom stereocenters. The number of nitrogens with zero attached hydrogens (tertiary/aromatic N) is 1. The van der Waals surface area contributed by atoms with Crippen molar-refractivity contribution in [1.82, 2.24) is 4.98 Å². The van der Waals surface area contributed by atoms with Gasteiger partial charge < -0.3 is 19.5 Å². The van der Waals surface area contributed by atoms with Crippen LogP contribution in [0, 0.1) is 5.82 Å². The van der Waals surface area contributed by atoms with Crippen molar-refractivity contribution in [3.8, 4) is 11.5 Å². The second-order valence-corrected chi connectivity index (χ2v) is 6.07. The number of methoxy groups -OCH3 is 2. The third kappa shape index (κ3) is 4.72. The van der Waals surface area contributed by atoms with Crippen LogP contribution in [0.3, 0.4) is 0 Å². The average molecular weight is 410 g/mol. The zero-order chi connectivity index (χ0) is 21.5. The van der Waals surface area contributed by atoms with Crippen LogP contribution in [-0.2, 0) is 4.74 Å². The van der Waals surface area contributed by atoms with E-state index in [-0.39, 0.29) is 22.7 Å². The molecule has 8 heteroatoms. The first-order chi connectivity index (χ1) is 14.5. The van der Waals surface area contributed by atoms with Gasteiger partial charge in [-0.1, -0.05) is 12.1 Å². The van der Waals surface area contributed by atoms with E-state index < -0.39 is 24.2 Å². The number of benzene rings is 2. The lowest BCUT2D eigenvalue weighted by molar-refractivity contribution is 0.0475. The van der Waals surface area contributed by atoms with Gasteiger partial charge in [-0.15, -0.1) is 0 Å². The lowest BCUT2D eigenvalue weighted by Gasteiger charge is -2.13. The van der Waals surface area contributed by atoms with Gasteiger partial charge in [0.25, 0.3) is 0 Å². The van der Waals surface area contributed by atoms with Crippen molar-refractivity contribution < 1.29 is 28.2 Å². The molecule has 154 valence electrons. The van der Waals surface area contributed by atoms with Crippen LogP contribution in [0.25, 0.3) is 0 Å². The second-order valence-electron chi connectivity index (χ2n) is 6.07. The number of carbonyl (C=O) groups is 2. The largest absolute Gasteiger partial charge is 0.495 e. The molecule has 0 bridgehead atoms. The number of hydrogen-bond acceptors (Lipinski definition) is 7. The van der Waals surface area contributed by atoms with E-state index in [9.17, 15) is 14.0 Å². The Hall–Kier alpha value is -3.94. The first kappa shape index (κ1) is 20.8. The fourth-order valence-corrected chi connectivity index (χ4v) is 2.68. The Kier molecular flexibility index (Phi) is 6.59. The van der Waals surface area contributed by atoms with Crippen molar-refractivity contribution in [2.75, 3.05) is 26.1 Å². The molecule has 0 radical (unpaired) electrons. The standard InChI is InChI=1S/C22H19FN2O5/c1-28-19-10-9-14(12-16(19)23)18(26)13-30-22(27)15-6-5-11-24-21(15)25-17-7-3-4-8-20(17)29-2/h3-12H,13H2,1-2H3,(H,24,25). The maximum absolute atomic E-state index is 13.8. The van der Waals surface area contributed by atoms with Crippen LogP contribution >= 0.6 is 0 Å². The third-order valence-electron chi connectivity index (χ3n) is 4.20. The maximum Gasteiger partial charge on any atom is 0.342 e. The monoisotopic (exact) mass is 410 g/mol. The van der Waals surface area contributed by atoms with Gasteiger partial charge in [0.1, 0.15) is 17.1 Å². The third-order valence-corrected chi connectivity index (χ3v) is 4.20. The van der Waals surface area contributed by atoms with Crippen LogP contribution in [0.1, 0.15) is 20.7 Å². The minimum absolute atomic E-state index is 0.0194. The molecule has 0 saturated heterocycles. The van der Waals surface area contributed by atoms with Gasteiger partial charge >= 0.3 is 5.97 Å². The number of aromatic nitrogens is 1. The maximum atomic E-state index is 13.8. The number of anilines is 2. The van der Waals surface area contributed by atoms with E-state index in [2.05, 4.69) is 10.3 Å². The van der Waals surface area contributed by atoms with E-state index in [1.807, 2.05) is 6.07 Å². The van der Waals surface area contributed by atoms with Gasteiger partial charge in [0.2, 0.25) is 0 Å². The number of ether oxygens (including phenoxy) is 3. The molecule has 1 N–H and O–H groups in total. The molecule has 1 heterocycles. The molecular weight excluding hydrogens is 391 g/mol. The Morgan fingerprint density at radius 1 is 1.00 bits per heavy atom. The zero-order valence-electron chi connectivity index (χ0n) is 16.3. The van der Waals surface area contributed by atoms with Crippen molar-refractivity contribution in [1.29, 1.82) is 0 Å². The van der Waals surface area contributed by atoms with Gasteiger partial charge in [-0.25, -0.2) is 14.2 Å². The molecule has 0 amide bonds. The molecule has 3 rings (SSSR count). The van der Waals surface area contributed by atoms with E-state index in [0.29, 0.717) is 11.4 Å². The molecule has 0 aliphatic rings. The second kappa shape index (κ2) is 9.51. The van der Waals surface area contributed by atoms with Crippen molar-refractivity contribution in [3.63, 3.8) is 0 Å². The summed E-state index contributed by atoms with van der Waals surface area (Å²) >= 11 is 0. The van der Waals surface area contributed by atoms with Crippen LogP contribution in [0.2, 0.25) is 0 Å².